The van der Waals surface area contributed by atoms with E-state index in [2.05, 4.69) is 14.8 Å². The van der Waals surface area contributed by atoms with Crippen LogP contribution < -0.4 is 4.74 Å². The van der Waals surface area contributed by atoms with Gasteiger partial charge in [-0.05, 0) is 6.07 Å². The first kappa shape index (κ1) is 8.47. The van der Waals surface area contributed by atoms with E-state index in [0.29, 0.717) is 19.0 Å². The molecule has 0 saturated heterocycles. The number of nitrogens with zero attached hydrogens (tertiary/aromatic N) is 3. The summed E-state index contributed by atoms with van der Waals surface area (Å²) in [5, 5.41) is 0. The summed E-state index contributed by atoms with van der Waals surface area (Å²) < 4.78 is 4.84. The van der Waals surface area contributed by atoms with Crippen molar-refractivity contribution in [1.82, 2.24) is 9.97 Å². The SMILES string of the molecule is [C-]#[N+]CCc1ccnc(OC)n1. The molecule has 4 nitrogen and oxygen atoms in total. The Balaban J connectivity index is 2.67. The van der Waals surface area contributed by atoms with Crippen LogP contribution in [0.15, 0.2) is 12.3 Å². The van der Waals surface area contributed by atoms with Crippen LogP contribution in [0, 0.1) is 6.57 Å². The minimum absolute atomic E-state index is 0.359. The molecule has 0 atom stereocenters. The van der Waals surface area contributed by atoms with Gasteiger partial charge in [0.15, 0.2) is 0 Å². The fourth-order valence-corrected chi connectivity index (χ4v) is 0.784. The van der Waals surface area contributed by atoms with E-state index in [-0.39, 0.29) is 0 Å². The van der Waals surface area contributed by atoms with E-state index in [1.807, 2.05) is 0 Å². The van der Waals surface area contributed by atoms with Gasteiger partial charge < -0.3 is 9.58 Å². The molecule has 0 spiro atoms. The van der Waals surface area contributed by atoms with Crippen molar-refractivity contribution in [2.45, 2.75) is 6.42 Å². The lowest BCUT2D eigenvalue weighted by Crippen LogP contribution is -1.97. The largest absolute Gasteiger partial charge is 0.467 e. The van der Waals surface area contributed by atoms with E-state index >= 15 is 0 Å². The molecular formula is C8H9N3O. The van der Waals surface area contributed by atoms with Gasteiger partial charge in [-0.3, -0.25) is 0 Å². The average Bonchev–Trinajstić information content (AvgIpc) is 2.15. The van der Waals surface area contributed by atoms with E-state index in [4.69, 9.17) is 11.3 Å². The number of hydrogen-bond acceptors (Lipinski definition) is 3. The number of ether oxygens (including phenoxy) is 1. The predicted molar refractivity (Wildman–Crippen MR) is 43.8 cm³/mol. The zero-order chi connectivity index (χ0) is 8.81. The summed E-state index contributed by atoms with van der Waals surface area (Å²) in [4.78, 5) is 11.1. The van der Waals surface area contributed by atoms with E-state index in [0.717, 1.165) is 5.69 Å². The molecule has 12 heavy (non-hydrogen) atoms. The quantitative estimate of drug-likeness (QED) is 0.623. The highest BCUT2D eigenvalue weighted by Gasteiger charge is 1.98. The molecule has 0 radical (unpaired) electrons. The molecule has 0 N–H and O–H groups in total. The highest BCUT2D eigenvalue weighted by Crippen LogP contribution is 2.02. The second-order valence-electron chi connectivity index (χ2n) is 2.17. The van der Waals surface area contributed by atoms with Crippen molar-refractivity contribution in [3.8, 4) is 6.01 Å². The van der Waals surface area contributed by atoms with Gasteiger partial charge in [0.05, 0.1) is 19.2 Å². The number of aromatic nitrogens is 2. The normalized spacial score (nSPS) is 9.00. The summed E-state index contributed by atoms with van der Waals surface area (Å²) in [5.74, 6) is 0. The molecule has 1 heterocycles. The number of methoxy groups -OCH3 is 1. The van der Waals surface area contributed by atoms with Crippen molar-refractivity contribution in [3.63, 3.8) is 0 Å². The van der Waals surface area contributed by atoms with Crippen LogP contribution >= 0.6 is 0 Å². The van der Waals surface area contributed by atoms with Crippen LogP contribution in [0.5, 0.6) is 6.01 Å². The van der Waals surface area contributed by atoms with E-state index in [9.17, 15) is 0 Å². The molecule has 0 bridgehead atoms. The van der Waals surface area contributed by atoms with Gasteiger partial charge in [-0.1, -0.05) is 0 Å². The lowest BCUT2D eigenvalue weighted by atomic mass is 10.3. The molecule has 0 amide bonds. The van der Waals surface area contributed by atoms with E-state index < -0.39 is 0 Å². The maximum atomic E-state index is 6.60. The van der Waals surface area contributed by atoms with Crippen molar-refractivity contribution < 1.29 is 4.74 Å². The van der Waals surface area contributed by atoms with Crippen LogP contribution in [0.4, 0.5) is 0 Å². The van der Waals surface area contributed by atoms with Crippen LogP contribution in [0.25, 0.3) is 4.85 Å². The summed E-state index contributed by atoms with van der Waals surface area (Å²) in [6, 6.07) is 2.14. The molecule has 62 valence electrons. The van der Waals surface area contributed by atoms with E-state index in [1.54, 1.807) is 12.3 Å². The monoisotopic (exact) mass is 163 g/mol. The van der Waals surface area contributed by atoms with Gasteiger partial charge in [0.2, 0.25) is 6.54 Å². The number of rotatable bonds is 3. The predicted octanol–water partition coefficient (Wildman–Crippen LogP) is 0.947. The van der Waals surface area contributed by atoms with Gasteiger partial charge in [0.25, 0.3) is 0 Å². The summed E-state index contributed by atoms with van der Waals surface area (Å²) in [6.07, 6.45) is 2.29. The molecule has 1 aromatic rings. The minimum Gasteiger partial charge on any atom is -0.467 e. The van der Waals surface area contributed by atoms with Gasteiger partial charge in [0, 0.05) is 6.20 Å². The Bertz CT molecular complexity index is 293. The fraction of sp³-hybridized carbons (Fsp3) is 0.375. The Morgan fingerprint density at radius 3 is 3.17 bits per heavy atom. The van der Waals surface area contributed by atoms with Crippen LogP contribution in [-0.2, 0) is 6.42 Å². The zero-order valence-corrected chi connectivity index (χ0v) is 6.82. The molecule has 0 aliphatic carbocycles. The molecule has 0 fully saturated rings. The molecule has 1 aromatic heterocycles. The molecule has 0 aliphatic rings. The molecule has 0 saturated carbocycles. The zero-order valence-electron chi connectivity index (χ0n) is 6.82. The lowest BCUT2D eigenvalue weighted by Gasteiger charge is -1.97. The third-order valence-electron chi connectivity index (χ3n) is 1.35. The van der Waals surface area contributed by atoms with Crippen LogP contribution in [-0.4, -0.2) is 23.6 Å². The maximum Gasteiger partial charge on any atom is 0.316 e. The van der Waals surface area contributed by atoms with Crippen molar-refractivity contribution in [2.24, 2.45) is 0 Å². The van der Waals surface area contributed by atoms with E-state index in [1.165, 1.54) is 7.11 Å². The molecule has 1 rings (SSSR count). The summed E-state index contributed by atoms with van der Waals surface area (Å²) in [7, 11) is 1.52. The first-order chi connectivity index (χ1) is 5.86. The highest BCUT2D eigenvalue weighted by molar-refractivity contribution is 5.06. The van der Waals surface area contributed by atoms with Crippen molar-refractivity contribution >= 4 is 0 Å². The topological polar surface area (TPSA) is 39.4 Å². The van der Waals surface area contributed by atoms with Gasteiger partial charge >= 0.3 is 6.01 Å². The second-order valence-corrected chi connectivity index (χ2v) is 2.17. The molecule has 0 aliphatic heterocycles. The Kier molecular flexibility index (Phi) is 3.03. The molecular weight excluding hydrogens is 154 g/mol. The standard InChI is InChI=1S/C8H9N3O/c1-9-5-3-7-4-6-10-8(11-7)12-2/h4,6H,3,5H2,2H3. The van der Waals surface area contributed by atoms with Gasteiger partial charge in [-0.2, -0.15) is 4.98 Å². The van der Waals surface area contributed by atoms with Gasteiger partial charge in [0.1, 0.15) is 0 Å². The Hall–Kier alpha value is -1.63. The van der Waals surface area contributed by atoms with Crippen molar-refractivity contribution in [2.75, 3.05) is 13.7 Å². The van der Waals surface area contributed by atoms with Crippen LogP contribution in [0.3, 0.4) is 0 Å². The summed E-state index contributed by atoms with van der Waals surface area (Å²) in [5.41, 5.74) is 0.845. The van der Waals surface area contributed by atoms with Crippen LogP contribution in [0.1, 0.15) is 5.69 Å². The third-order valence-corrected chi connectivity index (χ3v) is 1.35. The minimum atomic E-state index is 0.359. The van der Waals surface area contributed by atoms with Gasteiger partial charge in [-0.15, -0.1) is 0 Å². The van der Waals surface area contributed by atoms with Crippen molar-refractivity contribution in [1.29, 1.82) is 0 Å². The van der Waals surface area contributed by atoms with Crippen molar-refractivity contribution in [3.05, 3.63) is 29.4 Å². The first-order valence-electron chi connectivity index (χ1n) is 3.56. The smallest absolute Gasteiger partial charge is 0.316 e. The Morgan fingerprint density at radius 2 is 2.50 bits per heavy atom. The summed E-state index contributed by atoms with van der Waals surface area (Å²) in [6.45, 7) is 7.06. The fourth-order valence-electron chi connectivity index (χ4n) is 0.784. The molecule has 0 unspecified atom stereocenters. The third kappa shape index (κ3) is 2.20. The Labute approximate surface area is 71.0 Å². The van der Waals surface area contributed by atoms with Crippen LogP contribution in [0.2, 0.25) is 0 Å². The summed E-state index contributed by atoms with van der Waals surface area (Å²) >= 11 is 0. The second kappa shape index (κ2) is 4.29. The van der Waals surface area contributed by atoms with Gasteiger partial charge in [-0.25, -0.2) is 11.6 Å². The lowest BCUT2D eigenvalue weighted by molar-refractivity contribution is 0.378. The molecule has 4 heteroatoms. The maximum absolute atomic E-state index is 6.60. The number of hydrogen-bond donors (Lipinski definition) is 0. The highest BCUT2D eigenvalue weighted by atomic mass is 16.5. The molecule has 0 aromatic carbocycles. The first-order valence-corrected chi connectivity index (χ1v) is 3.56. The Morgan fingerprint density at radius 1 is 1.67 bits per heavy atom. The average molecular weight is 163 g/mol.